The van der Waals surface area contributed by atoms with Crippen LogP contribution in [0.15, 0.2) is 16.8 Å². The van der Waals surface area contributed by atoms with Gasteiger partial charge in [-0.2, -0.15) is 0 Å². The second kappa shape index (κ2) is 8.87. The first-order valence-electron chi connectivity index (χ1n) is 5.66. The standard InChI is InChI=1S/C10H17N4O6.Ac/c11-6-3(14-10(12)13)1-5(9(18)19)20-8(6)7(17)4(16)2-15;/h1,3-4,6-8,11,15-17H,2H2,(H,18,19)(H4,12,13,14);/q-1;. The number of nitrogens with two attached hydrogens (primary N) is 2. The fraction of sp³-hybridized carbons (Fsp3) is 0.600. The van der Waals surface area contributed by atoms with Crippen molar-refractivity contribution in [1.82, 2.24) is 0 Å². The number of aliphatic hydroxyl groups is 3. The number of aliphatic imine (C=N–C) groups is 1. The summed E-state index contributed by atoms with van der Waals surface area (Å²) in [7, 11) is 0. The molecule has 5 unspecified atom stereocenters. The first-order chi connectivity index (χ1) is 9.27. The maximum absolute atomic E-state index is 10.9. The van der Waals surface area contributed by atoms with Gasteiger partial charge in [-0.05, 0) is 6.08 Å². The molecule has 1 heterocycles. The summed E-state index contributed by atoms with van der Waals surface area (Å²) in [4.78, 5) is 14.6. The Labute approximate surface area is 156 Å². The van der Waals surface area contributed by atoms with Gasteiger partial charge in [-0.25, -0.2) is 9.79 Å². The van der Waals surface area contributed by atoms with Gasteiger partial charge in [-0.15, -0.1) is 0 Å². The average Bonchev–Trinajstić information content (AvgIpc) is 2.38. The van der Waals surface area contributed by atoms with Crippen LogP contribution in [0.2, 0.25) is 0 Å². The van der Waals surface area contributed by atoms with Crippen LogP contribution in [0.25, 0.3) is 5.73 Å². The summed E-state index contributed by atoms with van der Waals surface area (Å²) in [5.74, 6) is -2.33. The summed E-state index contributed by atoms with van der Waals surface area (Å²) >= 11 is 0. The Morgan fingerprint density at radius 1 is 1.48 bits per heavy atom. The zero-order valence-electron chi connectivity index (χ0n) is 11.0. The molecular formula is C10H17AcN4O6-. The van der Waals surface area contributed by atoms with Crippen molar-refractivity contribution >= 4 is 11.9 Å². The van der Waals surface area contributed by atoms with Crippen molar-refractivity contribution in [3.8, 4) is 0 Å². The van der Waals surface area contributed by atoms with Crippen molar-refractivity contribution in [2.45, 2.75) is 30.4 Å². The van der Waals surface area contributed by atoms with Gasteiger partial charge in [-0.1, -0.05) is 6.04 Å². The Kier molecular flexibility index (Phi) is 8.69. The quantitative estimate of drug-likeness (QED) is 0.166. The summed E-state index contributed by atoms with van der Waals surface area (Å²) in [5.41, 5.74) is 18.3. The van der Waals surface area contributed by atoms with Crippen LogP contribution in [-0.4, -0.2) is 69.4 Å². The number of carbonyl (C=O) groups is 1. The Bertz CT molecular complexity index is 428. The van der Waals surface area contributed by atoms with E-state index in [1.165, 1.54) is 0 Å². The Hall–Kier alpha value is -0.438. The number of guanidine groups is 1. The van der Waals surface area contributed by atoms with Gasteiger partial charge < -0.3 is 42.4 Å². The normalized spacial score (nSPS) is 27.4. The van der Waals surface area contributed by atoms with Gasteiger partial charge in [0.05, 0.1) is 12.6 Å². The van der Waals surface area contributed by atoms with E-state index in [0.29, 0.717) is 0 Å². The number of aliphatic carboxylic acids is 1. The van der Waals surface area contributed by atoms with Crippen LogP contribution in [0.5, 0.6) is 0 Å². The summed E-state index contributed by atoms with van der Waals surface area (Å²) in [5, 5.41) is 36.8. The van der Waals surface area contributed by atoms with E-state index in [-0.39, 0.29) is 50.0 Å². The predicted molar refractivity (Wildman–Crippen MR) is 67.4 cm³/mol. The molecule has 0 aromatic heterocycles. The van der Waals surface area contributed by atoms with Crippen LogP contribution in [0.3, 0.4) is 0 Å². The molecular weight excluding hydrogens is 499 g/mol. The van der Waals surface area contributed by atoms with Crippen molar-refractivity contribution in [2.24, 2.45) is 16.5 Å². The Morgan fingerprint density at radius 2 is 2.05 bits per heavy atom. The fourth-order valence-corrected chi connectivity index (χ4v) is 1.73. The second-order valence-electron chi connectivity index (χ2n) is 4.23. The van der Waals surface area contributed by atoms with Crippen LogP contribution in [0, 0.1) is 44.1 Å². The van der Waals surface area contributed by atoms with Crippen molar-refractivity contribution in [3.63, 3.8) is 0 Å². The predicted octanol–water partition coefficient (Wildman–Crippen LogP) is -2.87. The topological polar surface area (TPSA) is 195 Å². The number of carboxylic acids is 1. The van der Waals surface area contributed by atoms with Crippen LogP contribution in [0.1, 0.15) is 0 Å². The van der Waals surface area contributed by atoms with Crippen molar-refractivity contribution in [2.75, 3.05) is 6.61 Å². The summed E-state index contributed by atoms with van der Waals surface area (Å²) < 4.78 is 4.96. The van der Waals surface area contributed by atoms with E-state index in [1.54, 1.807) is 0 Å². The van der Waals surface area contributed by atoms with Crippen LogP contribution < -0.4 is 11.5 Å². The third kappa shape index (κ3) is 5.36. The molecule has 1 radical (unpaired) electrons. The molecule has 117 valence electrons. The molecule has 1 rings (SSSR count). The molecule has 0 bridgehead atoms. The zero-order valence-corrected chi connectivity index (χ0v) is 15.7. The van der Waals surface area contributed by atoms with Gasteiger partial charge in [0.2, 0.25) is 5.76 Å². The van der Waals surface area contributed by atoms with Crippen LogP contribution in [-0.2, 0) is 9.53 Å². The van der Waals surface area contributed by atoms with Gasteiger partial charge in [0.25, 0.3) is 0 Å². The van der Waals surface area contributed by atoms with E-state index in [9.17, 15) is 15.0 Å². The van der Waals surface area contributed by atoms with E-state index in [2.05, 4.69) is 4.99 Å². The first kappa shape index (κ1) is 20.6. The molecule has 0 aliphatic carbocycles. The summed E-state index contributed by atoms with van der Waals surface area (Å²) in [6.07, 6.45) is -3.61. The number of rotatable bonds is 5. The third-order valence-electron chi connectivity index (χ3n) is 2.73. The molecule has 10 nitrogen and oxygen atoms in total. The summed E-state index contributed by atoms with van der Waals surface area (Å²) in [6, 6.07) is -2.30. The minimum atomic E-state index is -1.66. The van der Waals surface area contributed by atoms with E-state index in [0.717, 1.165) is 6.08 Å². The van der Waals surface area contributed by atoms with E-state index >= 15 is 0 Å². The maximum atomic E-state index is 10.9. The molecule has 5 atom stereocenters. The Morgan fingerprint density at radius 3 is 2.48 bits per heavy atom. The number of hydrogen-bond acceptors (Lipinski definition) is 6. The first-order valence-corrected chi connectivity index (χ1v) is 5.66. The third-order valence-corrected chi connectivity index (χ3v) is 2.73. The SMILES string of the molecule is [Ac].[NH-]C1C(N=C(N)N)C=C(C(=O)O)OC1C(O)C(O)CO. The molecule has 9 N–H and O–H groups in total. The van der Waals surface area contributed by atoms with Gasteiger partial charge >= 0.3 is 5.97 Å². The molecule has 0 saturated heterocycles. The average molecular weight is 516 g/mol. The fourth-order valence-electron chi connectivity index (χ4n) is 1.73. The zero-order chi connectivity index (χ0) is 15.4. The van der Waals surface area contributed by atoms with Gasteiger partial charge in [0.1, 0.15) is 18.3 Å². The van der Waals surface area contributed by atoms with E-state index in [1.807, 2.05) is 0 Å². The van der Waals surface area contributed by atoms with Gasteiger partial charge in [0, 0.05) is 44.1 Å². The van der Waals surface area contributed by atoms with Gasteiger partial charge in [-0.3, -0.25) is 0 Å². The molecule has 0 aromatic rings. The molecule has 11 heteroatoms. The van der Waals surface area contributed by atoms with E-state index in [4.69, 9.17) is 32.2 Å². The monoisotopic (exact) mass is 516 g/mol. The van der Waals surface area contributed by atoms with Crippen molar-refractivity contribution in [3.05, 3.63) is 17.6 Å². The smallest absolute Gasteiger partial charge is 0.370 e. The van der Waals surface area contributed by atoms with Crippen molar-refractivity contribution in [1.29, 1.82) is 0 Å². The maximum Gasteiger partial charge on any atom is 0.370 e. The molecule has 0 fully saturated rings. The molecule has 1 aliphatic rings. The molecule has 0 amide bonds. The van der Waals surface area contributed by atoms with Gasteiger partial charge in [0.15, 0.2) is 5.96 Å². The Balaban J connectivity index is 0.00000400. The molecule has 1 aliphatic heterocycles. The largest absolute Gasteiger partial charge is 0.670 e. The van der Waals surface area contributed by atoms with Crippen molar-refractivity contribution < 1.29 is 74.0 Å². The van der Waals surface area contributed by atoms with E-state index < -0.39 is 48.7 Å². The number of nitrogens with one attached hydrogen (secondary N) is 1. The van der Waals surface area contributed by atoms with Crippen LogP contribution >= 0.6 is 0 Å². The van der Waals surface area contributed by atoms with Crippen LogP contribution in [0.4, 0.5) is 0 Å². The number of aliphatic hydroxyl groups excluding tert-OH is 3. The molecule has 0 saturated carbocycles. The minimum absolute atomic E-state index is 0. The molecule has 0 spiro atoms. The number of hydrogen-bond donors (Lipinski definition) is 6. The molecule has 21 heavy (non-hydrogen) atoms. The second-order valence-corrected chi connectivity index (χ2v) is 4.23. The number of nitrogens with zero attached hydrogens (tertiary/aromatic N) is 1. The number of carboxylic acid groups (broad SMARTS) is 1. The molecule has 0 aromatic carbocycles. The summed E-state index contributed by atoms with van der Waals surface area (Å²) in [6.45, 7) is -0.771. The minimum Gasteiger partial charge on any atom is -0.670 e. The number of ether oxygens (including phenoxy) is 1.